The molecule has 0 bridgehead atoms. The predicted octanol–water partition coefficient (Wildman–Crippen LogP) is 5.24. The molecule has 3 rings (SSSR count). The van der Waals surface area contributed by atoms with Crippen molar-refractivity contribution in [3.8, 4) is 5.75 Å². The number of carbonyl (C=O) groups is 1. The lowest BCUT2D eigenvalue weighted by Gasteiger charge is -2.38. The number of carboxylic acids is 1. The van der Waals surface area contributed by atoms with Gasteiger partial charge in [0.2, 0.25) is 0 Å². The molecule has 1 fully saturated rings. The summed E-state index contributed by atoms with van der Waals surface area (Å²) in [6, 6.07) is 19.5. The highest BCUT2D eigenvalue weighted by atomic mass is 16.5. The normalized spacial score (nSPS) is 22.8. The third kappa shape index (κ3) is 6.33. The quantitative estimate of drug-likeness (QED) is 0.610. The van der Waals surface area contributed by atoms with Crippen LogP contribution >= 0.6 is 0 Å². The van der Waals surface area contributed by atoms with Gasteiger partial charge in [0, 0.05) is 18.5 Å². The van der Waals surface area contributed by atoms with Gasteiger partial charge in [-0.3, -0.25) is 4.79 Å². The Hall–Kier alpha value is -2.33. The number of carboxylic acid groups (broad SMARTS) is 1. The minimum absolute atomic E-state index is 0.248. The van der Waals surface area contributed by atoms with E-state index in [-0.39, 0.29) is 12.5 Å². The standard InChI is InChI=1S/C25H33NO3/c1-18(21-6-4-3-5-7-21)26-24-14-10-20(17-22(24)11-15-25(27)28)16-19-8-12-23(29-2)13-9-19/h3-9,12-13,18,20,22,24,26H,10-11,14-17H2,1-2H3,(H,27,28)/t18?,20-,22-,24-/m1/s1. The molecule has 0 saturated heterocycles. The number of aliphatic carboxylic acids is 1. The zero-order valence-electron chi connectivity index (χ0n) is 17.5. The Morgan fingerprint density at radius 1 is 1.14 bits per heavy atom. The van der Waals surface area contributed by atoms with E-state index in [1.54, 1.807) is 7.11 Å². The number of hydrogen-bond acceptors (Lipinski definition) is 3. The van der Waals surface area contributed by atoms with E-state index in [1.165, 1.54) is 17.5 Å². The van der Waals surface area contributed by atoms with Gasteiger partial charge >= 0.3 is 5.97 Å². The molecule has 2 N–H and O–H groups in total. The van der Waals surface area contributed by atoms with Gasteiger partial charge in [0.05, 0.1) is 7.11 Å². The van der Waals surface area contributed by atoms with E-state index in [0.717, 1.165) is 31.4 Å². The van der Waals surface area contributed by atoms with E-state index >= 15 is 0 Å². The zero-order valence-corrected chi connectivity index (χ0v) is 17.5. The Labute approximate surface area is 174 Å². The predicted molar refractivity (Wildman–Crippen MR) is 116 cm³/mol. The van der Waals surface area contributed by atoms with Crippen LogP contribution < -0.4 is 10.1 Å². The maximum atomic E-state index is 11.2. The van der Waals surface area contributed by atoms with Gasteiger partial charge in [-0.25, -0.2) is 0 Å². The molecule has 2 aromatic carbocycles. The first-order valence-electron chi connectivity index (χ1n) is 10.7. The summed E-state index contributed by atoms with van der Waals surface area (Å²) in [7, 11) is 1.69. The largest absolute Gasteiger partial charge is 0.497 e. The average molecular weight is 396 g/mol. The Kier molecular flexibility index (Phi) is 7.70. The maximum absolute atomic E-state index is 11.2. The van der Waals surface area contributed by atoms with Crippen molar-refractivity contribution in [2.45, 2.75) is 57.5 Å². The topological polar surface area (TPSA) is 58.6 Å². The van der Waals surface area contributed by atoms with Crippen molar-refractivity contribution in [1.82, 2.24) is 5.32 Å². The van der Waals surface area contributed by atoms with E-state index < -0.39 is 5.97 Å². The number of nitrogens with one attached hydrogen (secondary N) is 1. The van der Waals surface area contributed by atoms with E-state index in [2.05, 4.69) is 48.6 Å². The van der Waals surface area contributed by atoms with Crippen LogP contribution in [-0.4, -0.2) is 24.2 Å². The highest BCUT2D eigenvalue weighted by Gasteiger charge is 2.31. The van der Waals surface area contributed by atoms with Crippen LogP contribution in [0.25, 0.3) is 0 Å². The van der Waals surface area contributed by atoms with Crippen LogP contribution in [0.2, 0.25) is 0 Å². The van der Waals surface area contributed by atoms with Gasteiger partial charge in [-0.05, 0) is 74.1 Å². The Morgan fingerprint density at radius 2 is 1.86 bits per heavy atom. The monoisotopic (exact) mass is 395 g/mol. The van der Waals surface area contributed by atoms with Crippen molar-refractivity contribution in [3.05, 3.63) is 65.7 Å². The van der Waals surface area contributed by atoms with Crippen molar-refractivity contribution in [2.75, 3.05) is 7.11 Å². The van der Waals surface area contributed by atoms with Gasteiger partial charge in [0.1, 0.15) is 5.75 Å². The molecule has 156 valence electrons. The molecule has 1 saturated carbocycles. The van der Waals surface area contributed by atoms with Crippen molar-refractivity contribution < 1.29 is 14.6 Å². The molecule has 1 aliphatic rings. The van der Waals surface area contributed by atoms with Crippen molar-refractivity contribution in [1.29, 1.82) is 0 Å². The number of benzene rings is 2. The summed E-state index contributed by atoms with van der Waals surface area (Å²) in [5, 5.41) is 13.0. The second-order valence-corrected chi connectivity index (χ2v) is 8.33. The van der Waals surface area contributed by atoms with Crippen LogP contribution in [0.4, 0.5) is 0 Å². The van der Waals surface area contributed by atoms with E-state index in [1.807, 2.05) is 18.2 Å². The van der Waals surface area contributed by atoms with Crippen LogP contribution in [0.15, 0.2) is 54.6 Å². The summed E-state index contributed by atoms with van der Waals surface area (Å²) < 4.78 is 5.25. The molecule has 1 aliphatic carbocycles. The van der Waals surface area contributed by atoms with E-state index in [4.69, 9.17) is 4.74 Å². The third-order valence-corrected chi connectivity index (χ3v) is 6.27. The number of hydrogen-bond donors (Lipinski definition) is 2. The molecular weight excluding hydrogens is 362 g/mol. The lowest BCUT2D eigenvalue weighted by Crippen LogP contribution is -2.42. The average Bonchev–Trinajstić information content (AvgIpc) is 2.74. The minimum Gasteiger partial charge on any atom is -0.497 e. The van der Waals surface area contributed by atoms with Crippen LogP contribution in [0.3, 0.4) is 0 Å². The first-order chi connectivity index (χ1) is 14.0. The van der Waals surface area contributed by atoms with Crippen molar-refractivity contribution in [2.24, 2.45) is 11.8 Å². The molecule has 0 aliphatic heterocycles. The Balaban J connectivity index is 1.62. The second kappa shape index (κ2) is 10.4. The summed E-state index contributed by atoms with van der Waals surface area (Å²) in [5.41, 5.74) is 2.61. The molecule has 4 atom stereocenters. The SMILES string of the molecule is COc1ccc(C[C@H]2CC[C@@H](NC(C)c3ccccc3)[C@H](CCC(=O)O)C2)cc1. The molecule has 2 aromatic rings. The van der Waals surface area contributed by atoms with Crippen LogP contribution in [0.1, 0.15) is 56.2 Å². The number of rotatable bonds is 9. The highest BCUT2D eigenvalue weighted by Crippen LogP contribution is 2.35. The highest BCUT2D eigenvalue weighted by molar-refractivity contribution is 5.66. The molecule has 0 heterocycles. The summed E-state index contributed by atoms with van der Waals surface area (Å²) in [4.78, 5) is 11.2. The fourth-order valence-electron chi connectivity index (χ4n) is 4.65. The third-order valence-electron chi connectivity index (χ3n) is 6.27. The van der Waals surface area contributed by atoms with Gasteiger partial charge in [0.15, 0.2) is 0 Å². The summed E-state index contributed by atoms with van der Waals surface area (Å²) in [5.74, 6) is 1.19. The van der Waals surface area contributed by atoms with Gasteiger partial charge in [0.25, 0.3) is 0 Å². The summed E-state index contributed by atoms with van der Waals surface area (Å²) in [6.07, 6.45) is 5.40. The molecule has 4 heteroatoms. The fraction of sp³-hybridized carbons (Fsp3) is 0.480. The van der Waals surface area contributed by atoms with Gasteiger partial charge < -0.3 is 15.2 Å². The maximum Gasteiger partial charge on any atom is 0.303 e. The fourth-order valence-corrected chi connectivity index (χ4v) is 4.65. The molecule has 0 amide bonds. The minimum atomic E-state index is -0.697. The number of methoxy groups -OCH3 is 1. The lowest BCUT2D eigenvalue weighted by molar-refractivity contribution is -0.137. The number of ether oxygens (including phenoxy) is 1. The first-order valence-corrected chi connectivity index (χ1v) is 10.7. The molecule has 29 heavy (non-hydrogen) atoms. The molecule has 0 spiro atoms. The van der Waals surface area contributed by atoms with Crippen LogP contribution in [-0.2, 0) is 11.2 Å². The zero-order chi connectivity index (χ0) is 20.6. The van der Waals surface area contributed by atoms with E-state index in [0.29, 0.717) is 17.9 Å². The van der Waals surface area contributed by atoms with Gasteiger partial charge in [-0.2, -0.15) is 0 Å². The summed E-state index contributed by atoms with van der Waals surface area (Å²) in [6.45, 7) is 2.20. The molecular formula is C25H33NO3. The van der Waals surface area contributed by atoms with Crippen LogP contribution in [0.5, 0.6) is 5.75 Å². The Morgan fingerprint density at radius 3 is 2.52 bits per heavy atom. The second-order valence-electron chi connectivity index (χ2n) is 8.33. The van der Waals surface area contributed by atoms with Gasteiger partial charge in [-0.15, -0.1) is 0 Å². The van der Waals surface area contributed by atoms with E-state index in [9.17, 15) is 9.90 Å². The van der Waals surface area contributed by atoms with Crippen molar-refractivity contribution in [3.63, 3.8) is 0 Å². The van der Waals surface area contributed by atoms with Crippen molar-refractivity contribution >= 4 is 5.97 Å². The molecule has 1 unspecified atom stereocenters. The lowest BCUT2D eigenvalue weighted by atomic mass is 9.73. The first kappa shape index (κ1) is 21.4. The molecule has 0 radical (unpaired) electrons. The molecule has 0 aromatic heterocycles. The Bertz CT molecular complexity index is 759. The van der Waals surface area contributed by atoms with Crippen LogP contribution in [0, 0.1) is 11.8 Å². The summed E-state index contributed by atoms with van der Waals surface area (Å²) >= 11 is 0. The molecule has 4 nitrogen and oxygen atoms in total. The van der Waals surface area contributed by atoms with Gasteiger partial charge in [-0.1, -0.05) is 42.5 Å². The smallest absolute Gasteiger partial charge is 0.303 e.